The summed E-state index contributed by atoms with van der Waals surface area (Å²) in [6.07, 6.45) is 1.01. The lowest BCUT2D eigenvalue weighted by molar-refractivity contribution is -0.144. The van der Waals surface area contributed by atoms with Crippen LogP contribution in [0.25, 0.3) is 0 Å². The molecule has 0 aliphatic carbocycles. The van der Waals surface area contributed by atoms with E-state index in [9.17, 15) is 19.8 Å². The maximum Gasteiger partial charge on any atom is 0.329 e. The Morgan fingerprint density at radius 2 is 1.74 bits per heavy atom. The van der Waals surface area contributed by atoms with Gasteiger partial charge in [-0.2, -0.15) is 0 Å². The van der Waals surface area contributed by atoms with Crippen molar-refractivity contribution in [2.24, 2.45) is 0 Å². The Labute approximate surface area is 114 Å². The van der Waals surface area contributed by atoms with Crippen molar-refractivity contribution in [1.82, 2.24) is 10.2 Å². The van der Waals surface area contributed by atoms with Gasteiger partial charge < -0.3 is 20.4 Å². The normalized spacial score (nSPS) is 14.6. The second-order valence-electron chi connectivity index (χ2n) is 5.64. The molecule has 0 aliphatic heterocycles. The zero-order valence-corrected chi connectivity index (χ0v) is 12.5. The van der Waals surface area contributed by atoms with Crippen molar-refractivity contribution < 1.29 is 19.8 Å². The highest BCUT2D eigenvalue weighted by molar-refractivity contribution is 5.85. The van der Waals surface area contributed by atoms with Crippen molar-refractivity contribution >= 4 is 12.0 Å². The van der Waals surface area contributed by atoms with Crippen LogP contribution >= 0.6 is 0 Å². The van der Waals surface area contributed by atoms with Gasteiger partial charge in [-0.05, 0) is 34.1 Å². The fourth-order valence-electron chi connectivity index (χ4n) is 1.83. The van der Waals surface area contributed by atoms with Crippen molar-refractivity contribution in [1.29, 1.82) is 0 Å². The highest BCUT2D eigenvalue weighted by atomic mass is 16.4. The van der Waals surface area contributed by atoms with Gasteiger partial charge in [-0.3, -0.25) is 0 Å². The maximum absolute atomic E-state index is 12.1. The number of aliphatic carboxylic acids is 1. The summed E-state index contributed by atoms with van der Waals surface area (Å²) in [6.45, 7) is 8.89. The van der Waals surface area contributed by atoms with E-state index in [-0.39, 0.29) is 6.54 Å². The molecule has 0 radical (unpaired) electrons. The quantitative estimate of drug-likeness (QED) is 0.655. The summed E-state index contributed by atoms with van der Waals surface area (Å²) in [6, 6.07) is -0.469. The average molecular weight is 274 g/mol. The predicted molar refractivity (Wildman–Crippen MR) is 73.0 cm³/mol. The van der Waals surface area contributed by atoms with E-state index in [1.54, 1.807) is 20.8 Å². The van der Waals surface area contributed by atoms with Crippen LogP contribution in [-0.2, 0) is 4.79 Å². The molecule has 0 fully saturated rings. The third kappa shape index (κ3) is 5.92. The second kappa shape index (κ2) is 6.75. The van der Waals surface area contributed by atoms with Gasteiger partial charge in [-0.25, -0.2) is 9.59 Å². The van der Waals surface area contributed by atoms with Crippen LogP contribution in [0, 0.1) is 0 Å². The third-order valence-corrected chi connectivity index (χ3v) is 2.85. The monoisotopic (exact) mass is 274 g/mol. The number of amides is 2. The van der Waals surface area contributed by atoms with E-state index in [0.717, 1.165) is 0 Å². The minimum absolute atomic E-state index is 0.150. The molecule has 0 saturated heterocycles. The summed E-state index contributed by atoms with van der Waals surface area (Å²) in [5.41, 5.74) is -2.30. The topological polar surface area (TPSA) is 89.9 Å². The average Bonchev–Trinajstić information content (AvgIpc) is 2.24. The van der Waals surface area contributed by atoms with Gasteiger partial charge in [0.15, 0.2) is 0 Å². The minimum atomic E-state index is -1.28. The molecule has 0 bridgehead atoms. The first-order valence-electron chi connectivity index (χ1n) is 6.58. The van der Waals surface area contributed by atoms with Gasteiger partial charge in [0.05, 0.1) is 12.1 Å². The fourth-order valence-corrected chi connectivity index (χ4v) is 1.83. The van der Waals surface area contributed by atoms with Gasteiger partial charge in [-0.15, -0.1) is 0 Å². The van der Waals surface area contributed by atoms with Gasteiger partial charge in [-0.1, -0.05) is 13.3 Å². The fraction of sp³-hybridized carbons (Fsp3) is 0.846. The van der Waals surface area contributed by atoms with E-state index < -0.39 is 23.1 Å². The van der Waals surface area contributed by atoms with Crippen LogP contribution in [0.3, 0.4) is 0 Å². The number of carbonyl (C=O) groups is 2. The molecule has 19 heavy (non-hydrogen) atoms. The van der Waals surface area contributed by atoms with Crippen molar-refractivity contribution in [2.75, 3.05) is 13.1 Å². The number of nitrogens with zero attached hydrogens (tertiary/aromatic N) is 1. The Balaban J connectivity index is 4.84. The number of carboxylic acids is 1. The Bertz CT molecular complexity index is 325. The predicted octanol–water partition coefficient (Wildman–Crippen LogP) is 1.43. The van der Waals surface area contributed by atoms with Gasteiger partial charge >= 0.3 is 12.0 Å². The molecule has 0 rings (SSSR count). The molecule has 1 atom stereocenters. The van der Waals surface area contributed by atoms with Crippen molar-refractivity contribution in [2.45, 2.75) is 58.6 Å². The zero-order valence-electron chi connectivity index (χ0n) is 12.5. The van der Waals surface area contributed by atoms with Crippen molar-refractivity contribution in [3.8, 4) is 0 Å². The molecule has 6 nitrogen and oxygen atoms in total. The number of nitrogens with one attached hydrogen (secondary N) is 1. The lowest BCUT2D eigenvalue weighted by Gasteiger charge is -2.32. The van der Waals surface area contributed by atoms with E-state index in [1.807, 2.05) is 6.92 Å². The highest BCUT2D eigenvalue weighted by Gasteiger charge is 2.35. The van der Waals surface area contributed by atoms with Gasteiger partial charge in [0.1, 0.15) is 5.54 Å². The maximum atomic E-state index is 12.1. The van der Waals surface area contributed by atoms with E-state index in [1.165, 1.54) is 11.8 Å². The van der Waals surface area contributed by atoms with Crippen molar-refractivity contribution in [3.05, 3.63) is 0 Å². The molecule has 0 heterocycles. The highest BCUT2D eigenvalue weighted by Crippen LogP contribution is 2.14. The number of aliphatic hydroxyl groups is 1. The number of hydrogen-bond donors (Lipinski definition) is 3. The Kier molecular flexibility index (Phi) is 6.29. The molecule has 3 N–H and O–H groups in total. The molecule has 0 saturated carbocycles. The van der Waals surface area contributed by atoms with E-state index in [2.05, 4.69) is 5.32 Å². The number of hydrogen-bond acceptors (Lipinski definition) is 3. The molecule has 1 unspecified atom stereocenters. The molecule has 0 aromatic carbocycles. The number of urea groups is 1. The summed E-state index contributed by atoms with van der Waals surface area (Å²) in [4.78, 5) is 24.7. The third-order valence-electron chi connectivity index (χ3n) is 2.85. The Hall–Kier alpha value is -1.30. The molecule has 0 aromatic heterocycles. The molecular weight excluding hydrogens is 248 g/mol. The summed E-state index contributed by atoms with van der Waals surface area (Å²) in [5, 5.41) is 21.5. The van der Waals surface area contributed by atoms with E-state index in [0.29, 0.717) is 19.4 Å². The second-order valence-corrected chi connectivity index (χ2v) is 5.64. The number of rotatable bonds is 7. The summed E-state index contributed by atoms with van der Waals surface area (Å²) >= 11 is 0. The van der Waals surface area contributed by atoms with Crippen molar-refractivity contribution in [3.63, 3.8) is 0 Å². The number of likely N-dealkylation sites (N-methyl/N-ethyl adjacent to an activating group) is 1. The molecular formula is C13H26N2O4. The SMILES string of the molecule is CCCC(C)(NC(=O)N(CC)CC(C)(C)O)C(=O)O. The van der Waals surface area contributed by atoms with Crippen LogP contribution in [0.2, 0.25) is 0 Å². The van der Waals surface area contributed by atoms with Crippen LogP contribution in [0.1, 0.15) is 47.5 Å². The Morgan fingerprint density at radius 3 is 2.05 bits per heavy atom. The smallest absolute Gasteiger partial charge is 0.329 e. The molecule has 112 valence electrons. The molecule has 6 heteroatoms. The first kappa shape index (κ1) is 17.7. The lowest BCUT2D eigenvalue weighted by atomic mass is 9.96. The number of carbonyl (C=O) groups excluding carboxylic acids is 1. The van der Waals surface area contributed by atoms with Crippen LogP contribution in [0.4, 0.5) is 4.79 Å². The molecule has 2 amide bonds. The first-order chi connectivity index (χ1) is 8.55. The van der Waals surface area contributed by atoms with E-state index >= 15 is 0 Å². The largest absolute Gasteiger partial charge is 0.480 e. The van der Waals surface area contributed by atoms with Crippen LogP contribution < -0.4 is 5.32 Å². The minimum Gasteiger partial charge on any atom is -0.480 e. The van der Waals surface area contributed by atoms with Crippen LogP contribution in [0.5, 0.6) is 0 Å². The summed E-state index contributed by atoms with van der Waals surface area (Å²) in [7, 11) is 0. The Morgan fingerprint density at radius 1 is 1.21 bits per heavy atom. The first-order valence-corrected chi connectivity index (χ1v) is 6.58. The molecule has 0 spiro atoms. The summed E-state index contributed by atoms with van der Waals surface area (Å²) in [5.74, 6) is -1.05. The van der Waals surface area contributed by atoms with Gasteiger partial charge in [0.2, 0.25) is 0 Å². The molecule has 0 aromatic rings. The lowest BCUT2D eigenvalue weighted by Crippen LogP contribution is -2.57. The van der Waals surface area contributed by atoms with Crippen LogP contribution in [-0.4, -0.2) is 51.3 Å². The van der Waals surface area contributed by atoms with Gasteiger partial charge in [0.25, 0.3) is 0 Å². The zero-order chi connectivity index (χ0) is 15.3. The standard InChI is InChI=1S/C13H26N2O4/c1-6-8-13(5,10(16)17)14-11(18)15(7-2)9-12(3,4)19/h19H,6-9H2,1-5H3,(H,14,18)(H,16,17). The van der Waals surface area contributed by atoms with Crippen LogP contribution in [0.15, 0.2) is 0 Å². The van der Waals surface area contributed by atoms with Gasteiger partial charge in [0, 0.05) is 6.54 Å². The molecule has 0 aliphatic rings. The number of carboxylic acid groups (broad SMARTS) is 1. The van der Waals surface area contributed by atoms with E-state index in [4.69, 9.17) is 0 Å². The summed E-state index contributed by atoms with van der Waals surface area (Å²) < 4.78 is 0.